The summed E-state index contributed by atoms with van der Waals surface area (Å²) in [6.07, 6.45) is 7.38. The molecule has 1 aromatic heterocycles. The third-order valence-electron chi connectivity index (χ3n) is 3.59. The van der Waals surface area contributed by atoms with E-state index in [1.165, 1.54) is 30.9 Å². The zero-order chi connectivity index (χ0) is 10.8. The number of piperazine rings is 1. The second-order valence-corrected chi connectivity index (χ2v) is 4.76. The van der Waals surface area contributed by atoms with Gasteiger partial charge in [0.05, 0.1) is 0 Å². The van der Waals surface area contributed by atoms with Crippen LogP contribution in [-0.2, 0) is 13.0 Å². The van der Waals surface area contributed by atoms with E-state index in [4.69, 9.17) is 4.98 Å². The molecule has 0 amide bonds. The van der Waals surface area contributed by atoms with Crippen LogP contribution in [0.5, 0.6) is 0 Å². The molecule has 0 saturated carbocycles. The number of hydrogen-bond donors (Lipinski definition) is 1. The molecule has 0 radical (unpaired) electrons. The Morgan fingerprint density at radius 1 is 1.06 bits per heavy atom. The van der Waals surface area contributed by atoms with Gasteiger partial charge in [0.15, 0.2) is 0 Å². The van der Waals surface area contributed by atoms with E-state index in [0.29, 0.717) is 0 Å². The van der Waals surface area contributed by atoms with Gasteiger partial charge in [-0.15, -0.1) is 0 Å². The summed E-state index contributed by atoms with van der Waals surface area (Å²) in [6, 6.07) is 0. The largest absolute Gasteiger partial charge is 0.353 e. The minimum absolute atomic E-state index is 1.09. The van der Waals surface area contributed by atoms with Crippen LogP contribution in [0.3, 0.4) is 0 Å². The molecule has 1 fully saturated rings. The highest BCUT2D eigenvalue weighted by Gasteiger charge is 2.16. The number of rotatable bonds is 1. The molecule has 2 aliphatic heterocycles. The summed E-state index contributed by atoms with van der Waals surface area (Å²) in [5.74, 6) is 2.49. The molecule has 0 unspecified atom stereocenters. The van der Waals surface area contributed by atoms with Gasteiger partial charge >= 0.3 is 0 Å². The molecule has 16 heavy (non-hydrogen) atoms. The lowest BCUT2D eigenvalue weighted by Gasteiger charge is -2.27. The monoisotopic (exact) mass is 220 g/mol. The Bertz CT molecular complexity index is 328. The van der Waals surface area contributed by atoms with Crippen LogP contribution < -0.4 is 10.2 Å². The fourth-order valence-corrected chi connectivity index (χ4v) is 2.62. The number of fused-ring (bicyclic) bond motifs is 1. The van der Waals surface area contributed by atoms with Gasteiger partial charge in [0.1, 0.15) is 11.6 Å². The van der Waals surface area contributed by atoms with Gasteiger partial charge in [0.2, 0.25) is 0 Å². The first-order valence-electron chi connectivity index (χ1n) is 6.45. The molecule has 0 aliphatic carbocycles. The summed E-state index contributed by atoms with van der Waals surface area (Å²) in [5.41, 5.74) is 0. The SMILES string of the molecule is c1c(N2CCNCC2)nc2n1CCCCC2. The van der Waals surface area contributed by atoms with E-state index in [9.17, 15) is 0 Å². The first-order valence-corrected chi connectivity index (χ1v) is 6.45. The fraction of sp³-hybridized carbons (Fsp3) is 0.750. The lowest BCUT2D eigenvalue weighted by molar-refractivity contribution is 0.584. The second kappa shape index (κ2) is 4.45. The van der Waals surface area contributed by atoms with Gasteiger partial charge in [0.25, 0.3) is 0 Å². The topological polar surface area (TPSA) is 33.1 Å². The molecule has 3 rings (SSSR count). The first-order chi connectivity index (χ1) is 7.93. The van der Waals surface area contributed by atoms with Crippen LogP contribution >= 0.6 is 0 Å². The number of aromatic nitrogens is 2. The zero-order valence-corrected chi connectivity index (χ0v) is 9.78. The minimum Gasteiger partial charge on any atom is -0.353 e. The fourth-order valence-electron chi connectivity index (χ4n) is 2.62. The van der Waals surface area contributed by atoms with Gasteiger partial charge in [0, 0.05) is 45.3 Å². The second-order valence-electron chi connectivity index (χ2n) is 4.76. The maximum atomic E-state index is 4.80. The molecule has 4 nitrogen and oxygen atoms in total. The number of hydrogen-bond acceptors (Lipinski definition) is 3. The van der Waals surface area contributed by atoms with Crippen LogP contribution in [0.15, 0.2) is 6.20 Å². The smallest absolute Gasteiger partial charge is 0.147 e. The molecule has 88 valence electrons. The highest BCUT2D eigenvalue weighted by molar-refractivity contribution is 5.38. The van der Waals surface area contributed by atoms with Crippen LogP contribution in [0.4, 0.5) is 5.82 Å². The van der Waals surface area contributed by atoms with Crippen LogP contribution in [0, 0.1) is 0 Å². The van der Waals surface area contributed by atoms with Gasteiger partial charge in [-0.3, -0.25) is 0 Å². The van der Waals surface area contributed by atoms with Crippen LogP contribution in [0.2, 0.25) is 0 Å². The number of anilines is 1. The molecule has 2 aliphatic rings. The van der Waals surface area contributed by atoms with E-state index in [1.54, 1.807) is 0 Å². The third-order valence-corrected chi connectivity index (χ3v) is 3.59. The van der Waals surface area contributed by atoms with E-state index >= 15 is 0 Å². The van der Waals surface area contributed by atoms with Crippen molar-refractivity contribution in [2.24, 2.45) is 0 Å². The van der Waals surface area contributed by atoms with Crippen molar-refractivity contribution in [3.8, 4) is 0 Å². The summed E-state index contributed by atoms with van der Waals surface area (Å²) >= 11 is 0. The first kappa shape index (κ1) is 10.1. The number of nitrogens with zero attached hydrogens (tertiary/aromatic N) is 3. The number of imidazole rings is 1. The summed E-state index contributed by atoms with van der Waals surface area (Å²) in [7, 11) is 0. The molecule has 1 N–H and O–H groups in total. The molecule has 0 atom stereocenters. The third kappa shape index (κ3) is 1.94. The molecule has 0 aromatic carbocycles. The summed E-state index contributed by atoms with van der Waals surface area (Å²) < 4.78 is 2.37. The Morgan fingerprint density at radius 3 is 2.81 bits per heavy atom. The molecule has 1 saturated heterocycles. The van der Waals surface area contributed by atoms with E-state index in [0.717, 1.165) is 39.1 Å². The van der Waals surface area contributed by atoms with Crippen molar-refractivity contribution in [3.05, 3.63) is 12.0 Å². The predicted molar refractivity (Wildman–Crippen MR) is 64.9 cm³/mol. The van der Waals surface area contributed by atoms with Crippen molar-refractivity contribution in [2.45, 2.75) is 32.2 Å². The van der Waals surface area contributed by atoms with Crippen LogP contribution in [0.25, 0.3) is 0 Å². The van der Waals surface area contributed by atoms with E-state index in [2.05, 4.69) is 21.0 Å². The van der Waals surface area contributed by atoms with Crippen LogP contribution in [-0.4, -0.2) is 35.7 Å². The quantitative estimate of drug-likeness (QED) is 0.767. The van der Waals surface area contributed by atoms with Gasteiger partial charge in [-0.2, -0.15) is 0 Å². The van der Waals surface area contributed by atoms with Crippen molar-refractivity contribution in [2.75, 3.05) is 31.1 Å². The average molecular weight is 220 g/mol. The Balaban J connectivity index is 1.80. The lowest BCUT2D eigenvalue weighted by atomic mass is 10.2. The maximum Gasteiger partial charge on any atom is 0.147 e. The van der Waals surface area contributed by atoms with Crippen molar-refractivity contribution in [1.82, 2.24) is 14.9 Å². The molecular weight excluding hydrogens is 200 g/mol. The van der Waals surface area contributed by atoms with E-state index < -0.39 is 0 Å². The molecular formula is C12H20N4. The Kier molecular flexibility index (Phi) is 2.82. The zero-order valence-electron chi connectivity index (χ0n) is 9.78. The summed E-state index contributed by atoms with van der Waals surface area (Å²) in [4.78, 5) is 7.20. The molecule has 0 spiro atoms. The molecule has 3 heterocycles. The molecule has 0 bridgehead atoms. The van der Waals surface area contributed by atoms with Gasteiger partial charge in [-0.25, -0.2) is 4.98 Å². The summed E-state index contributed by atoms with van der Waals surface area (Å²) in [5, 5.41) is 3.38. The summed E-state index contributed by atoms with van der Waals surface area (Å²) in [6.45, 7) is 5.52. The Hall–Kier alpha value is -1.03. The van der Waals surface area contributed by atoms with Gasteiger partial charge in [-0.05, 0) is 12.8 Å². The highest BCUT2D eigenvalue weighted by Crippen LogP contribution is 2.19. The van der Waals surface area contributed by atoms with E-state index in [1.807, 2.05) is 0 Å². The van der Waals surface area contributed by atoms with Crippen molar-refractivity contribution in [3.63, 3.8) is 0 Å². The predicted octanol–water partition coefficient (Wildman–Crippen LogP) is 1.02. The maximum absolute atomic E-state index is 4.80. The van der Waals surface area contributed by atoms with Crippen molar-refractivity contribution in [1.29, 1.82) is 0 Å². The van der Waals surface area contributed by atoms with Crippen molar-refractivity contribution >= 4 is 5.82 Å². The standard InChI is InChI=1S/C12H20N4/c1-2-4-11-14-12(10-16(11)7-3-1)15-8-5-13-6-9-15/h10,13H,1-9H2. The highest BCUT2D eigenvalue weighted by atomic mass is 15.3. The lowest BCUT2D eigenvalue weighted by Crippen LogP contribution is -2.43. The normalized spacial score (nSPS) is 21.6. The Labute approximate surface area is 96.7 Å². The molecule has 4 heteroatoms. The van der Waals surface area contributed by atoms with E-state index in [-0.39, 0.29) is 0 Å². The minimum atomic E-state index is 1.09. The van der Waals surface area contributed by atoms with Crippen LogP contribution in [0.1, 0.15) is 25.1 Å². The number of nitrogens with one attached hydrogen (secondary N) is 1. The average Bonchev–Trinajstić information content (AvgIpc) is 2.62. The number of aryl methyl sites for hydroxylation is 2. The van der Waals surface area contributed by atoms with Gasteiger partial charge < -0.3 is 14.8 Å². The molecule has 1 aromatic rings. The van der Waals surface area contributed by atoms with Crippen molar-refractivity contribution < 1.29 is 0 Å². The Morgan fingerprint density at radius 2 is 1.94 bits per heavy atom. The van der Waals surface area contributed by atoms with Gasteiger partial charge in [-0.1, -0.05) is 6.42 Å².